The predicted molar refractivity (Wildman–Crippen MR) is 83.3 cm³/mol. The van der Waals surface area contributed by atoms with E-state index in [0.717, 1.165) is 13.1 Å². The molecule has 1 aromatic carbocycles. The number of hydrogen-bond donors (Lipinski definition) is 3. The number of amides is 2. The van der Waals surface area contributed by atoms with Crippen molar-refractivity contribution < 1.29 is 19.4 Å². The summed E-state index contributed by atoms with van der Waals surface area (Å²) in [5, 5.41) is 15.3. The molecule has 1 atom stereocenters. The van der Waals surface area contributed by atoms with E-state index in [1.807, 2.05) is 12.1 Å². The van der Waals surface area contributed by atoms with Crippen molar-refractivity contribution in [1.29, 1.82) is 0 Å². The SMILES string of the molecule is COc1ccccc1NC(=O)NC[C@H](O)CN1CCOCC1. The van der Waals surface area contributed by atoms with E-state index in [4.69, 9.17) is 9.47 Å². The molecule has 1 aliphatic rings. The Labute approximate surface area is 130 Å². The molecule has 0 aromatic heterocycles. The maximum absolute atomic E-state index is 11.9. The van der Waals surface area contributed by atoms with E-state index in [1.165, 1.54) is 0 Å². The molecule has 1 fully saturated rings. The molecule has 2 rings (SSSR count). The highest BCUT2D eigenvalue weighted by atomic mass is 16.5. The highest BCUT2D eigenvalue weighted by molar-refractivity contribution is 5.90. The lowest BCUT2D eigenvalue weighted by Gasteiger charge is -2.28. The molecule has 7 nitrogen and oxygen atoms in total. The first-order valence-electron chi connectivity index (χ1n) is 7.35. The number of para-hydroxylation sites is 2. The van der Waals surface area contributed by atoms with Crippen molar-refractivity contribution >= 4 is 11.7 Å². The van der Waals surface area contributed by atoms with E-state index in [9.17, 15) is 9.90 Å². The zero-order valence-electron chi connectivity index (χ0n) is 12.7. The zero-order chi connectivity index (χ0) is 15.8. The number of aliphatic hydroxyl groups is 1. The van der Waals surface area contributed by atoms with Gasteiger partial charge in [-0.15, -0.1) is 0 Å². The highest BCUT2D eigenvalue weighted by Gasteiger charge is 2.15. The molecule has 0 bridgehead atoms. The zero-order valence-corrected chi connectivity index (χ0v) is 12.7. The Morgan fingerprint density at radius 1 is 1.41 bits per heavy atom. The Hall–Kier alpha value is -1.83. The van der Waals surface area contributed by atoms with Crippen LogP contribution in [0.4, 0.5) is 10.5 Å². The van der Waals surface area contributed by atoms with Crippen LogP contribution in [0.25, 0.3) is 0 Å². The molecular weight excluding hydrogens is 286 g/mol. The Balaban J connectivity index is 1.72. The van der Waals surface area contributed by atoms with Crippen molar-refractivity contribution in [3.05, 3.63) is 24.3 Å². The summed E-state index contributed by atoms with van der Waals surface area (Å²) in [6.07, 6.45) is -0.610. The monoisotopic (exact) mass is 309 g/mol. The summed E-state index contributed by atoms with van der Waals surface area (Å²) in [5.41, 5.74) is 0.588. The average molecular weight is 309 g/mol. The van der Waals surface area contributed by atoms with Crippen molar-refractivity contribution in [3.63, 3.8) is 0 Å². The number of urea groups is 1. The minimum absolute atomic E-state index is 0.193. The first-order valence-corrected chi connectivity index (χ1v) is 7.35. The molecule has 1 aliphatic heterocycles. The van der Waals surface area contributed by atoms with Crippen LogP contribution in [0.15, 0.2) is 24.3 Å². The van der Waals surface area contributed by atoms with Crippen molar-refractivity contribution in [3.8, 4) is 5.75 Å². The van der Waals surface area contributed by atoms with E-state index < -0.39 is 6.10 Å². The number of nitrogens with zero attached hydrogens (tertiary/aromatic N) is 1. The van der Waals surface area contributed by atoms with Crippen LogP contribution in [-0.2, 0) is 4.74 Å². The third kappa shape index (κ3) is 5.18. The lowest BCUT2D eigenvalue weighted by molar-refractivity contribution is 0.0154. The standard InChI is InChI=1S/C15H23N3O4/c1-21-14-5-3-2-4-13(14)17-15(20)16-10-12(19)11-18-6-8-22-9-7-18/h2-5,12,19H,6-11H2,1H3,(H2,16,17,20)/t12-/m0/s1. The average Bonchev–Trinajstić information content (AvgIpc) is 2.54. The van der Waals surface area contributed by atoms with Crippen LogP contribution in [0.5, 0.6) is 5.75 Å². The van der Waals surface area contributed by atoms with Crippen LogP contribution in [0.3, 0.4) is 0 Å². The summed E-state index contributed by atoms with van der Waals surface area (Å²) in [5.74, 6) is 0.589. The summed E-state index contributed by atoms with van der Waals surface area (Å²) in [6, 6.07) is 6.79. The van der Waals surface area contributed by atoms with E-state index in [0.29, 0.717) is 31.2 Å². The normalized spacial score (nSPS) is 16.8. The predicted octanol–water partition coefficient (Wildman–Crippen LogP) is 0.510. The molecule has 0 saturated carbocycles. The molecule has 2 amide bonds. The van der Waals surface area contributed by atoms with E-state index in [1.54, 1.807) is 19.2 Å². The Morgan fingerprint density at radius 3 is 2.86 bits per heavy atom. The summed E-state index contributed by atoms with van der Waals surface area (Å²) in [6.45, 7) is 3.72. The van der Waals surface area contributed by atoms with Gasteiger partial charge in [-0.3, -0.25) is 4.90 Å². The first-order chi connectivity index (χ1) is 10.7. The number of anilines is 1. The van der Waals surface area contributed by atoms with Crippen LogP contribution < -0.4 is 15.4 Å². The van der Waals surface area contributed by atoms with Gasteiger partial charge in [-0.25, -0.2) is 4.79 Å². The van der Waals surface area contributed by atoms with Gasteiger partial charge in [-0.2, -0.15) is 0 Å². The lowest BCUT2D eigenvalue weighted by atomic mass is 10.3. The second kappa shape index (κ2) is 8.57. The molecule has 7 heteroatoms. The van der Waals surface area contributed by atoms with Gasteiger partial charge < -0.3 is 25.2 Å². The number of aliphatic hydroxyl groups excluding tert-OH is 1. The molecule has 122 valence electrons. The third-order valence-corrected chi connectivity index (χ3v) is 3.43. The Kier molecular flexibility index (Phi) is 6.45. The minimum Gasteiger partial charge on any atom is -0.495 e. The van der Waals surface area contributed by atoms with Crippen molar-refractivity contribution in [2.45, 2.75) is 6.10 Å². The molecule has 1 saturated heterocycles. The van der Waals surface area contributed by atoms with Crippen LogP contribution in [-0.4, -0.2) is 68.6 Å². The molecule has 3 N–H and O–H groups in total. The summed E-state index contributed by atoms with van der Waals surface area (Å²) < 4.78 is 10.4. The lowest BCUT2D eigenvalue weighted by Crippen LogP contribution is -2.45. The van der Waals surface area contributed by atoms with Gasteiger partial charge >= 0.3 is 6.03 Å². The number of methoxy groups -OCH3 is 1. The van der Waals surface area contributed by atoms with Crippen LogP contribution in [0, 0.1) is 0 Å². The smallest absolute Gasteiger partial charge is 0.319 e. The number of carbonyl (C=O) groups excluding carboxylic acids is 1. The summed E-state index contributed by atoms with van der Waals surface area (Å²) in [7, 11) is 1.55. The number of nitrogens with one attached hydrogen (secondary N) is 2. The number of benzene rings is 1. The number of rotatable bonds is 6. The molecule has 1 aromatic rings. The molecule has 0 unspecified atom stereocenters. The van der Waals surface area contributed by atoms with Gasteiger partial charge in [0.25, 0.3) is 0 Å². The molecule has 0 spiro atoms. The number of morpholine rings is 1. The van der Waals surface area contributed by atoms with Crippen molar-refractivity contribution in [1.82, 2.24) is 10.2 Å². The fourth-order valence-electron chi connectivity index (χ4n) is 2.27. The van der Waals surface area contributed by atoms with Gasteiger partial charge in [0.1, 0.15) is 5.75 Å². The minimum atomic E-state index is -0.610. The van der Waals surface area contributed by atoms with Gasteiger partial charge in [0.05, 0.1) is 32.1 Å². The fraction of sp³-hybridized carbons (Fsp3) is 0.533. The maximum atomic E-state index is 11.9. The van der Waals surface area contributed by atoms with Gasteiger partial charge in [0, 0.05) is 26.2 Å². The van der Waals surface area contributed by atoms with E-state index >= 15 is 0 Å². The Morgan fingerprint density at radius 2 is 2.14 bits per heavy atom. The highest BCUT2D eigenvalue weighted by Crippen LogP contribution is 2.22. The maximum Gasteiger partial charge on any atom is 0.319 e. The second-order valence-corrected chi connectivity index (χ2v) is 5.10. The topological polar surface area (TPSA) is 83.1 Å². The number of ether oxygens (including phenoxy) is 2. The third-order valence-electron chi connectivity index (χ3n) is 3.43. The van der Waals surface area contributed by atoms with E-state index in [-0.39, 0.29) is 12.6 Å². The summed E-state index contributed by atoms with van der Waals surface area (Å²) >= 11 is 0. The van der Waals surface area contributed by atoms with Gasteiger partial charge in [-0.05, 0) is 12.1 Å². The molecular formula is C15H23N3O4. The fourth-order valence-corrected chi connectivity index (χ4v) is 2.27. The van der Waals surface area contributed by atoms with Gasteiger partial charge in [-0.1, -0.05) is 12.1 Å². The Bertz CT molecular complexity index is 478. The van der Waals surface area contributed by atoms with Crippen LogP contribution in [0.2, 0.25) is 0 Å². The van der Waals surface area contributed by atoms with Crippen molar-refractivity contribution in [2.75, 3.05) is 51.8 Å². The van der Waals surface area contributed by atoms with Crippen LogP contribution >= 0.6 is 0 Å². The van der Waals surface area contributed by atoms with Crippen molar-refractivity contribution in [2.24, 2.45) is 0 Å². The quantitative estimate of drug-likeness (QED) is 0.713. The van der Waals surface area contributed by atoms with Gasteiger partial charge in [0.15, 0.2) is 0 Å². The van der Waals surface area contributed by atoms with Crippen LogP contribution in [0.1, 0.15) is 0 Å². The molecule has 1 heterocycles. The van der Waals surface area contributed by atoms with Gasteiger partial charge in [0.2, 0.25) is 0 Å². The second-order valence-electron chi connectivity index (χ2n) is 5.10. The first kappa shape index (κ1) is 16.5. The molecule has 22 heavy (non-hydrogen) atoms. The van der Waals surface area contributed by atoms with E-state index in [2.05, 4.69) is 15.5 Å². The molecule has 0 radical (unpaired) electrons. The largest absolute Gasteiger partial charge is 0.495 e. The number of β-amino-alcohol motifs (C(OH)–C–C–N with tert-alkyl or cyclic N) is 1. The summed E-state index contributed by atoms with van der Waals surface area (Å²) in [4.78, 5) is 14.0. The molecule has 0 aliphatic carbocycles. The number of hydrogen-bond acceptors (Lipinski definition) is 5. The number of carbonyl (C=O) groups is 1.